The number of aliphatic hydroxyl groups is 1. The molecule has 0 unspecified atom stereocenters. The van der Waals surface area contributed by atoms with Crippen molar-refractivity contribution in [2.24, 2.45) is 0 Å². The molecule has 0 fully saturated rings. The van der Waals surface area contributed by atoms with Crippen molar-refractivity contribution in [1.29, 1.82) is 0 Å². The largest absolute Gasteiger partial charge is 0.395 e. The summed E-state index contributed by atoms with van der Waals surface area (Å²) in [5.74, 6) is 0.0856. The van der Waals surface area contributed by atoms with Crippen LogP contribution in [0.2, 0.25) is 0 Å². The third-order valence-corrected chi connectivity index (χ3v) is 2.95. The van der Waals surface area contributed by atoms with E-state index >= 15 is 0 Å². The van der Waals surface area contributed by atoms with Crippen molar-refractivity contribution < 1.29 is 5.11 Å². The molecule has 1 N–H and O–H groups in total. The zero-order chi connectivity index (χ0) is 11.4. The van der Waals surface area contributed by atoms with Gasteiger partial charge < -0.3 is 5.11 Å². The van der Waals surface area contributed by atoms with E-state index < -0.39 is 0 Å². The third kappa shape index (κ3) is 2.15. The molecule has 2 aromatic carbocycles. The lowest BCUT2D eigenvalue weighted by molar-refractivity contribution is 0.280. The third-order valence-electron chi connectivity index (χ3n) is 2.95. The van der Waals surface area contributed by atoms with Crippen LogP contribution >= 0.6 is 0 Å². The van der Waals surface area contributed by atoms with Gasteiger partial charge >= 0.3 is 0 Å². The molecule has 0 saturated heterocycles. The van der Waals surface area contributed by atoms with E-state index in [1.165, 1.54) is 16.7 Å². The maximum absolute atomic E-state index is 9.56. The van der Waals surface area contributed by atoms with Gasteiger partial charge in [0.25, 0.3) is 0 Å². The number of hydrogen-bond acceptors (Lipinski definition) is 1. The van der Waals surface area contributed by atoms with Gasteiger partial charge in [-0.1, -0.05) is 54.6 Å². The first-order valence-corrected chi connectivity index (χ1v) is 5.54. The van der Waals surface area contributed by atoms with E-state index in [2.05, 4.69) is 31.2 Å². The van der Waals surface area contributed by atoms with Gasteiger partial charge in [0.1, 0.15) is 0 Å². The number of hydrogen-bond donors (Lipinski definition) is 1. The fourth-order valence-electron chi connectivity index (χ4n) is 2.05. The van der Waals surface area contributed by atoms with Crippen LogP contribution in [0.5, 0.6) is 0 Å². The van der Waals surface area contributed by atoms with Crippen LogP contribution in [0.1, 0.15) is 22.6 Å². The molecule has 0 heterocycles. The van der Waals surface area contributed by atoms with E-state index in [0.717, 1.165) is 0 Å². The van der Waals surface area contributed by atoms with Crippen molar-refractivity contribution in [1.82, 2.24) is 0 Å². The molecule has 1 heteroatoms. The lowest BCUT2D eigenvalue weighted by atomic mass is 9.89. The lowest BCUT2D eigenvalue weighted by Crippen LogP contribution is -2.07. The molecule has 16 heavy (non-hydrogen) atoms. The smallest absolute Gasteiger partial charge is 0.0540 e. The van der Waals surface area contributed by atoms with Crippen molar-refractivity contribution in [3.63, 3.8) is 0 Å². The predicted molar refractivity (Wildman–Crippen MR) is 66.5 cm³/mol. The Balaban J connectivity index is 2.41. The standard InChI is InChI=1S/C15H16O/c1-12-7-5-6-10-14(12)15(11-16)13-8-3-2-4-9-13/h2-10,15-16H,11H2,1H3/t15-/m1/s1. The molecule has 0 aliphatic heterocycles. The summed E-state index contributed by atoms with van der Waals surface area (Å²) in [6, 6.07) is 18.4. The van der Waals surface area contributed by atoms with Crippen LogP contribution in [0.3, 0.4) is 0 Å². The van der Waals surface area contributed by atoms with E-state index in [-0.39, 0.29) is 12.5 Å². The van der Waals surface area contributed by atoms with E-state index in [0.29, 0.717) is 0 Å². The monoisotopic (exact) mass is 212 g/mol. The summed E-state index contributed by atoms with van der Waals surface area (Å²) in [6.07, 6.45) is 0. The van der Waals surface area contributed by atoms with Crippen molar-refractivity contribution in [2.75, 3.05) is 6.61 Å². The minimum absolute atomic E-state index is 0.0856. The summed E-state index contributed by atoms with van der Waals surface area (Å²) < 4.78 is 0. The lowest BCUT2D eigenvalue weighted by Gasteiger charge is -2.17. The highest BCUT2D eigenvalue weighted by molar-refractivity contribution is 5.37. The molecule has 0 saturated carbocycles. The number of aryl methyl sites for hydroxylation is 1. The Kier molecular flexibility index (Phi) is 3.37. The molecule has 0 aromatic heterocycles. The Morgan fingerprint density at radius 3 is 2.19 bits per heavy atom. The normalized spacial score (nSPS) is 12.4. The molecule has 0 bridgehead atoms. The fourth-order valence-corrected chi connectivity index (χ4v) is 2.05. The first-order valence-electron chi connectivity index (χ1n) is 5.54. The Bertz CT molecular complexity index is 448. The minimum atomic E-state index is 0.0856. The molecule has 0 radical (unpaired) electrons. The van der Waals surface area contributed by atoms with E-state index in [9.17, 15) is 5.11 Å². The molecule has 82 valence electrons. The Morgan fingerprint density at radius 1 is 0.938 bits per heavy atom. The summed E-state index contributed by atoms with van der Waals surface area (Å²) >= 11 is 0. The van der Waals surface area contributed by atoms with Gasteiger partial charge in [-0.25, -0.2) is 0 Å². The Morgan fingerprint density at radius 2 is 1.56 bits per heavy atom. The molecule has 2 rings (SSSR count). The van der Waals surface area contributed by atoms with Gasteiger partial charge in [-0.2, -0.15) is 0 Å². The zero-order valence-electron chi connectivity index (χ0n) is 9.43. The maximum Gasteiger partial charge on any atom is 0.0540 e. The van der Waals surface area contributed by atoms with Gasteiger partial charge in [0.05, 0.1) is 6.61 Å². The van der Waals surface area contributed by atoms with Crippen LogP contribution in [0, 0.1) is 6.92 Å². The van der Waals surface area contributed by atoms with Crippen LogP contribution in [0.4, 0.5) is 0 Å². The van der Waals surface area contributed by atoms with Crippen molar-refractivity contribution >= 4 is 0 Å². The van der Waals surface area contributed by atoms with Crippen molar-refractivity contribution in [3.8, 4) is 0 Å². The summed E-state index contributed by atoms with van der Waals surface area (Å²) in [4.78, 5) is 0. The molecule has 0 aliphatic carbocycles. The average molecular weight is 212 g/mol. The van der Waals surface area contributed by atoms with Crippen LogP contribution < -0.4 is 0 Å². The van der Waals surface area contributed by atoms with E-state index in [1.54, 1.807) is 0 Å². The molecular formula is C15H16O. The van der Waals surface area contributed by atoms with Crippen LogP contribution in [0.15, 0.2) is 54.6 Å². The molecule has 0 aliphatic rings. The van der Waals surface area contributed by atoms with Gasteiger partial charge in [0.15, 0.2) is 0 Å². The molecule has 1 nitrogen and oxygen atoms in total. The van der Waals surface area contributed by atoms with Crippen LogP contribution in [-0.2, 0) is 0 Å². The van der Waals surface area contributed by atoms with Gasteiger partial charge in [-0.3, -0.25) is 0 Å². The molecular weight excluding hydrogens is 196 g/mol. The quantitative estimate of drug-likeness (QED) is 0.828. The predicted octanol–water partition coefficient (Wildman–Crippen LogP) is 3.12. The molecule has 0 amide bonds. The van der Waals surface area contributed by atoms with Gasteiger partial charge in [-0.05, 0) is 23.6 Å². The first kappa shape index (κ1) is 10.9. The number of rotatable bonds is 3. The molecule has 0 spiro atoms. The summed E-state index contributed by atoms with van der Waals surface area (Å²) in [7, 11) is 0. The van der Waals surface area contributed by atoms with Crippen molar-refractivity contribution in [2.45, 2.75) is 12.8 Å². The van der Waals surface area contributed by atoms with Crippen molar-refractivity contribution in [3.05, 3.63) is 71.3 Å². The highest BCUT2D eigenvalue weighted by Crippen LogP contribution is 2.26. The number of aliphatic hydroxyl groups excluding tert-OH is 1. The van der Waals surface area contributed by atoms with Gasteiger partial charge in [-0.15, -0.1) is 0 Å². The van der Waals surface area contributed by atoms with Crippen LogP contribution in [-0.4, -0.2) is 11.7 Å². The second-order valence-corrected chi connectivity index (χ2v) is 4.00. The van der Waals surface area contributed by atoms with E-state index in [4.69, 9.17) is 0 Å². The summed E-state index contributed by atoms with van der Waals surface area (Å²) in [6.45, 7) is 2.23. The molecule has 2 aromatic rings. The highest BCUT2D eigenvalue weighted by atomic mass is 16.3. The average Bonchev–Trinajstić information content (AvgIpc) is 2.34. The second kappa shape index (κ2) is 4.95. The topological polar surface area (TPSA) is 20.2 Å². The Labute approximate surface area is 96.4 Å². The van der Waals surface area contributed by atoms with Gasteiger partial charge in [0, 0.05) is 5.92 Å². The van der Waals surface area contributed by atoms with E-state index in [1.807, 2.05) is 30.3 Å². The fraction of sp³-hybridized carbons (Fsp3) is 0.200. The second-order valence-electron chi connectivity index (χ2n) is 4.00. The first-order chi connectivity index (χ1) is 7.83. The highest BCUT2D eigenvalue weighted by Gasteiger charge is 2.13. The summed E-state index contributed by atoms with van der Waals surface area (Å²) in [5, 5.41) is 9.56. The zero-order valence-corrected chi connectivity index (χ0v) is 9.43. The summed E-state index contributed by atoms with van der Waals surface area (Å²) in [5.41, 5.74) is 3.60. The Hall–Kier alpha value is -1.60. The molecule has 1 atom stereocenters. The SMILES string of the molecule is Cc1ccccc1[C@H](CO)c1ccccc1. The van der Waals surface area contributed by atoms with Crippen LogP contribution in [0.25, 0.3) is 0 Å². The van der Waals surface area contributed by atoms with Gasteiger partial charge in [0.2, 0.25) is 0 Å². The minimum Gasteiger partial charge on any atom is -0.395 e. The number of benzene rings is 2. The maximum atomic E-state index is 9.56.